The summed E-state index contributed by atoms with van der Waals surface area (Å²) in [5.41, 5.74) is 0.947. The van der Waals surface area contributed by atoms with Gasteiger partial charge in [0.05, 0.1) is 10.9 Å². The minimum Gasteiger partial charge on any atom is -0.290 e. The van der Waals surface area contributed by atoms with Gasteiger partial charge in [-0.05, 0) is 11.6 Å². The molecule has 0 saturated heterocycles. The maximum atomic E-state index is 13.8. The van der Waals surface area contributed by atoms with E-state index in [1.165, 1.54) is 6.07 Å². The van der Waals surface area contributed by atoms with E-state index in [1.807, 2.05) is 12.4 Å². The molecule has 0 aliphatic heterocycles. The van der Waals surface area contributed by atoms with Gasteiger partial charge in [0.15, 0.2) is 0 Å². The van der Waals surface area contributed by atoms with Gasteiger partial charge in [-0.15, -0.1) is 0 Å². The van der Waals surface area contributed by atoms with Crippen LogP contribution in [0, 0.1) is 5.82 Å². The highest BCUT2D eigenvalue weighted by Crippen LogP contribution is 2.28. The average molecular weight is 248 g/mol. The fraction of sp³-hybridized carbons (Fsp3) is 0.0714. The lowest BCUT2D eigenvalue weighted by atomic mass is 9.92. The number of halogens is 2. The quantitative estimate of drug-likeness (QED) is 0.808. The molecule has 1 atom stereocenters. The predicted molar refractivity (Wildman–Crippen MR) is 65.4 cm³/mol. The molecule has 2 rings (SSSR count). The molecular formula is C14H9ClFO. The van der Waals surface area contributed by atoms with E-state index in [9.17, 15) is 9.18 Å². The summed E-state index contributed by atoms with van der Waals surface area (Å²) < 4.78 is 13.8. The SMILES string of the molecule is O=[C]C(c1ccccc1)c1cccc(Cl)c1F. The minimum atomic E-state index is -0.741. The molecule has 1 unspecified atom stereocenters. The Kier molecular flexibility index (Phi) is 3.55. The van der Waals surface area contributed by atoms with Gasteiger partial charge < -0.3 is 0 Å². The van der Waals surface area contributed by atoms with Crippen LogP contribution in [0.1, 0.15) is 17.0 Å². The van der Waals surface area contributed by atoms with Crippen molar-refractivity contribution in [3.8, 4) is 0 Å². The molecule has 1 radical (unpaired) electrons. The van der Waals surface area contributed by atoms with Crippen LogP contribution in [0.3, 0.4) is 0 Å². The Balaban J connectivity index is 2.50. The Hall–Kier alpha value is -1.67. The van der Waals surface area contributed by atoms with Gasteiger partial charge in [-0.25, -0.2) is 4.39 Å². The van der Waals surface area contributed by atoms with Crippen LogP contribution >= 0.6 is 11.6 Å². The van der Waals surface area contributed by atoms with E-state index in [1.54, 1.807) is 36.4 Å². The smallest absolute Gasteiger partial charge is 0.211 e. The monoisotopic (exact) mass is 247 g/mol. The number of hydrogen-bond acceptors (Lipinski definition) is 1. The molecule has 0 bridgehead atoms. The van der Waals surface area contributed by atoms with Crippen molar-refractivity contribution in [2.24, 2.45) is 0 Å². The molecule has 3 heteroatoms. The molecule has 0 fully saturated rings. The summed E-state index contributed by atoms with van der Waals surface area (Å²) in [7, 11) is 0. The van der Waals surface area contributed by atoms with E-state index < -0.39 is 11.7 Å². The van der Waals surface area contributed by atoms with Crippen molar-refractivity contribution in [3.05, 3.63) is 70.5 Å². The number of rotatable bonds is 3. The predicted octanol–water partition coefficient (Wildman–Crippen LogP) is 3.72. The first-order chi connectivity index (χ1) is 8.24. The zero-order chi connectivity index (χ0) is 12.3. The fourth-order valence-corrected chi connectivity index (χ4v) is 1.88. The first-order valence-corrected chi connectivity index (χ1v) is 5.48. The summed E-state index contributed by atoms with van der Waals surface area (Å²) in [6, 6.07) is 13.6. The second-order valence-electron chi connectivity index (χ2n) is 3.60. The van der Waals surface area contributed by atoms with E-state index in [0.29, 0.717) is 5.56 Å². The Labute approximate surface area is 104 Å². The Morgan fingerprint density at radius 1 is 1.06 bits per heavy atom. The lowest BCUT2D eigenvalue weighted by Crippen LogP contribution is -2.05. The largest absolute Gasteiger partial charge is 0.290 e. The molecule has 1 nitrogen and oxygen atoms in total. The van der Waals surface area contributed by atoms with Gasteiger partial charge in [-0.2, -0.15) is 0 Å². The number of hydrogen-bond donors (Lipinski definition) is 0. The number of carbonyl (C=O) groups excluding carboxylic acids is 1. The van der Waals surface area contributed by atoms with Gasteiger partial charge in [0.1, 0.15) is 5.82 Å². The molecule has 0 aliphatic carbocycles. The van der Waals surface area contributed by atoms with Crippen molar-refractivity contribution in [2.45, 2.75) is 5.92 Å². The van der Waals surface area contributed by atoms with Crippen LogP contribution in [-0.2, 0) is 4.79 Å². The van der Waals surface area contributed by atoms with Gasteiger partial charge in [0, 0.05) is 5.56 Å². The molecule has 0 saturated carbocycles. The molecule has 0 aromatic heterocycles. The summed E-state index contributed by atoms with van der Waals surface area (Å²) in [5, 5.41) is 0.0127. The minimum absolute atomic E-state index is 0.0127. The highest BCUT2D eigenvalue weighted by atomic mass is 35.5. The Morgan fingerprint density at radius 2 is 1.76 bits per heavy atom. The standard InChI is InChI=1S/C14H9ClFO/c15-13-8-4-7-11(14(13)16)12(9-17)10-5-2-1-3-6-10/h1-8,12H. The zero-order valence-electron chi connectivity index (χ0n) is 8.86. The third kappa shape index (κ3) is 2.37. The van der Waals surface area contributed by atoms with Crippen LogP contribution in [0.15, 0.2) is 48.5 Å². The van der Waals surface area contributed by atoms with Crippen LogP contribution in [-0.4, -0.2) is 6.29 Å². The highest BCUT2D eigenvalue weighted by Gasteiger charge is 2.19. The first-order valence-electron chi connectivity index (χ1n) is 5.10. The normalized spacial score (nSPS) is 12.1. The first kappa shape index (κ1) is 11.8. The van der Waals surface area contributed by atoms with Gasteiger partial charge >= 0.3 is 0 Å². The van der Waals surface area contributed by atoms with Crippen molar-refractivity contribution < 1.29 is 9.18 Å². The van der Waals surface area contributed by atoms with Crippen molar-refractivity contribution in [3.63, 3.8) is 0 Å². The van der Waals surface area contributed by atoms with Crippen LogP contribution in [0.2, 0.25) is 5.02 Å². The second kappa shape index (κ2) is 5.11. The van der Waals surface area contributed by atoms with Crippen molar-refractivity contribution >= 4 is 17.9 Å². The average Bonchev–Trinajstić information content (AvgIpc) is 2.37. The van der Waals surface area contributed by atoms with E-state index in [2.05, 4.69) is 0 Å². The summed E-state index contributed by atoms with van der Waals surface area (Å²) in [6.45, 7) is 0. The highest BCUT2D eigenvalue weighted by molar-refractivity contribution is 6.30. The Bertz CT molecular complexity index is 525. The molecule has 17 heavy (non-hydrogen) atoms. The van der Waals surface area contributed by atoms with Crippen LogP contribution in [0.25, 0.3) is 0 Å². The van der Waals surface area contributed by atoms with Crippen LogP contribution in [0.5, 0.6) is 0 Å². The molecule has 2 aromatic rings. The maximum absolute atomic E-state index is 13.8. The molecule has 0 aliphatic rings. The summed E-state index contributed by atoms with van der Waals surface area (Å²) in [6.07, 6.45) is 1.85. The Morgan fingerprint density at radius 3 is 2.41 bits per heavy atom. The lowest BCUT2D eigenvalue weighted by molar-refractivity contribution is 0.544. The molecule has 0 heterocycles. The van der Waals surface area contributed by atoms with Crippen LogP contribution in [0.4, 0.5) is 4.39 Å². The van der Waals surface area contributed by atoms with E-state index in [-0.39, 0.29) is 10.6 Å². The van der Waals surface area contributed by atoms with Crippen molar-refractivity contribution in [1.82, 2.24) is 0 Å². The van der Waals surface area contributed by atoms with Crippen molar-refractivity contribution in [1.29, 1.82) is 0 Å². The summed E-state index contributed by atoms with van der Waals surface area (Å²) in [5.74, 6) is -1.30. The van der Waals surface area contributed by atoms with Gasteiger partial charge in [-0.1, -0.05) is 54.1 Å². The third-order valence-corrected chi connectivity index (χ3v) is 2.84. The molecule has 0 N–H and O–H groups in total. The third-order valence-electron chi connectivity index (χ3n) is 2.54. The van der Waals surface area contributed by atoms with Gasteiger partial charge in [0.25, 0.3) is 0 Å². The van der Waals surface area contributed by atoms with Gasteiger partial charge in [0.2, 0.25) is 6.29 Å². The summed E-state index contributed by atoms with van der Waals surface area (Å²) in [4.78, 5) is 11.0. The summed E-state index contributed by atoms with van der Waals surface area (Å²) >= 11 is 5.70. The molecule has 0 spiro atoms. The second-order valence-corrected chi connectivity index (χ2v) is 4.01. The van der Waals surface area contributed by atoms with E-state index >= 15 is 0 Å². The van der Waals surface area contributed by atoms with Crippen LogP contribution < -0.4 is 0 Å². The van der Waals surface area contributed by atoms with E-state index in [4.69, 9.17) is 11.6 Å². The molecule has 0 amide bonds. The topological polar surface area (TPSA) is 17.1 Å². The van der Waals surface area contributed by atoms with E-state index in [0.717, 1.165) is 0 Å². The van der Waals surface area contributed by atoms with Crippen molar-refractivity contribution in [2.75, 3.05) is 0 Å². The molecule has 2 aromatic carbocycles. The zero-order valence-corrected chi connectivity index (χ0v) is 9.62. The number of benzene rings is 2. The lowest BCUT2D eigenvalue weighted by Gasteiger charge is -2.11. The molecule has 85 valence electrons. The molecular weight excluding hydrogens is 239 g/mol. The van der Waals surface area contributed by atoms with Gasteiger partial charge in [-0.3, -0.25) is 4.79 Å². The fourth-order valence-electron chi connectivity index (χ4n) is 1.70. The maximum Gasteiger partial charge on any atom is 0.211 e.